The molecule has 1 aliphatic rings. The van der Waals surface area contributed by atoms with Crippen LogP contribution in [0.15, 0.2) is 11.4 Å². The van der Waals surface area contributed by atoms with Crippen molar-refractivity contribution in [2.24, 2.45) is 5.73 Å². The van der Waals surface area contributed by atoms with Crippen LogP contribution in [0.1, 0.15) is 50.1 Å². The molecule has 4 heteroatoms. The van der Waals surface area contributed by atoms with E-state index in [1.165, 1.54) is 10.4 Å². The summed E-state index contributed by atoms with van der Waals surface area (Å²) in [6.45, 7) is 6.80. The fourth-order valence-corrected chi connectivity index (χ4v) is 3.55. The number of carbonyl (C=O) groups excluding carboxylic acids is 1. The number of nitrogens with zero attached hydrogens (tertiary/aromatic N) is 1. The first kappa shape index (κ1) is 13.6. The van der Waals surface area contributed by atoms with Crippen LogP contribution >= 0.6 is 11.3 Å². The molecule has 0 aromatic carbocycles. The summed E-state index contributed by atoms with van der Waals surface area (Å²) in [5, 5.41) is 2.13. The number of rotatable bonds is 3. The summed E-state index contributed by atoms with van der Waals surface area (Å²) in [4.78, 5) is 15.8. The molecule has 0 saturated heterocycles. The number of fused-ring (bicyclic) bond motifs is 1. The SMILES string of the molecule is CCC1c2ccsc2CCN1C(=O)CC(C)(C)N. The zero-order valence-electron chi connectivity index (χ0n) is 11.4. The van der Waals surface area contributed by atoms with Gasteiger partial charge in [0.2, 0.25) is 5.91 Å². The lowest BCUT2D eigenvalue weighted by atomic mass is 9.95. The van der Waals surface area contributed by atoms with Crippen LogP contribution in [0.2, 0.25) is 0 Å². The molecule has 0 bridgehead atoms. The van der Waals surface area contributed by atoms with Crippen LogP contribution < -0.4 is 5.73 Å². The van der Waals surface area contributed by atoms with Gasteiger partial charge in [-0.15, -0.1) is 11.3 Å². The van der Waals surface area contributed by atoms with E-state index in [0.717, 1.165) is 19.4 Å². The van der Waals surface area contributed by atoms with Crippen LogP contribution in [0.4, 0.5) is 0 Å². The van der Waals surface area contributed by atoms with Crippen LogP contribution in [-0.4, -0.2) is 22.9 Å². The molecule has 1 amide bonds. The lowest BCUT2D eigenvalue weighted by Crippen LogP contribution is -2.44. The van der Waals surface area contributed by atoms with E-state index in [4.69, 9.17) is 5.73 Å². The predicted octanol–water partition coefficient (Wildman–Crippen LogP) is 2.71. The highest BCUT2D eigenvalue weighted by Gasteiger charge is 2.31. The Morgan fingerprint density at radius 3 is 2.94 bits per heavy atom. The van der Waals surface area contributed by atoms with Crippen molar-refractivity contribution in [1.29, 1.82) is 0 Å². The third-order valence-corrected chi connectivity index (χ3v) is 4.41. The number of carbonyl (C=O) groups is 1. The highest BCUT2D eigenvalue weighted by atomic mass is 32.1. The maximum atomic E-state index is 12.4. The molecule has 1 aromatic heterocycles. The summed E-state index contributed by atoms with van der Waals surface area (Å²) in [6, 6.07) is 2.41. The van der Waals surface area contributed by atoms with Gasteiger partial charge in [0, 0.05) is 23.4 Å². The minimum atomic E-state index is -0.426. The van der Waals surface area contributed by atoms with Gasteiger partial charge < -0.3 is 10.6 Å². The van der Waals surface area contributed by atoms with Gasteiger partial charge >= 0.3 is 0 Å². The van der Waals surface area contributed by atoms with E-state index in [2.05, 4.69) is 18.4 Å². The van der Waals surface area contributed by atoms with Gasteiger partial charge in [-0.05, 0) is 43.7 Å². The molecule has 2 N–H and O–H groups in total. The third kappa shape index (κ3) is 2.75. The quantitative estimate of drug-likeness (QED) is 0.914. The van der Waals surface area contributed by atoms with E-state index in [1.54, 1.807) is 0 Å². The summed E-state index contributed by atoms with van der Waals surface area (Å²) in [5.74, 6) is 0.186. The molecule has 2 rings (SSSR count). The Labute approximate surface area is 113 Å². The lowest BCUT2D eigenvalue weighted by molar-refractivity contribution is -0.135. The van der Waals surface area contributed by atoms with Crippen molar-refractivity contribution in [3.8, 4) is 0 Å². The van der Waals surface area contributed by atoms with E-state index in [1.807, 2.05) is 30.1 Å². The molecule has 0 spiro atoms. The Hall–Kier alpha value is -0.870. The summed E-state index contributed by atoms with van der Waals surface area (Å²) in [7, 11) is 0. The van der Waals surface area contributed by atoms with Gasteiger partial charge in [0.25, 0.3) is 0 Å². The van der Waals surface area contributed by atoms with Crippen LogP contribution in [0.25, 0.3) is 0 Å². The van der Waals surface area contributed by atoms with E-state index >= 15 is 0 Å². The highest BCUT2D eigenvalue weighted by Crippen LogP contribution is 2.35. The molecule has 0 aliphatic carbocycles. The molecule has 0 saturated carbocycles. The second kappa shape index (κ2) is 5.02. The average molecular weight is 266 g/mol. The van der Waals surface area contributed by atoms with Gasteiger partial charge in [-0.2, -0.15) is 0 Å². The molecule has 18 heavy (non-hydrogen) atoms. The van der Waals surface area contributed by atoms with Gasteiger partial charge in [-0.25, -0.2) is 0 Å². The molecular formula is C14H22N2OS. The maximum Gasteiger partial charge on any atom is 0.224 e. The van der Waals surface area contributed by atoms with Crippen molar-refractivity contribution in [3.63, 3.8) is 0 Å². The van der Waals surface area contributed by atoms with Gasteiger partial charge in [0.05, 0.1) is 6.04 Å². The Morgan fingerprint density at radius 2 is 2.33 bits per heavy atom. The van der Waals surface area contributed by atoms with Gasteiger partial charge in [-0.3, -0.25) is 4.79 Å². The fourth-order valence-electron chi connectivity index (χ4n) is 2.63. The largest absolute Gasteiger partial charge is 0.335 e. The minimum Gasteiger partial charge on any atom is -0.335 e. The summed E-state index contributed by atoms with van der Waals surface area (Å²) in [6.07, 6.45) is 2.38. The van der Waals surface area contributed by atoms with E-state index in [-0.39, 0.29) is 11.9 Å². The summed E-state index contributed by atoms with van der Waals surface area (Å²) >= 11 is 1.81. The Morgan fingerprint density at radius 1 is 1.61 bits per heavy atom. The first-order chi connectivity index (χ1) is 8.42. The Bertz CT molecular complexity index is 433. The van der Waals surface area contributed by atoms with Crippen LogP contribution in [-0.2, 0) is 11.2 Å². The molecule has 1 unspecified atom stereocenters. The number of hydrogen-bond donors (Lipinski definition) is 1. The molecule has 0 fully saturated rings. The fraction of sp³-hybridized carbons (Fsp3) is 0.643. The number of nitrogens with two attached hydrogens (primary N) is 1. The zero-order valence-corrected chi connectivity index (χ0v) is 12.2. The molecule has 2 heterocycles. The molecule has 0 radical (unpaired) electrons. The lowest BCUT2D eigenvalue weighted by Gasteiger charge is -2.37. The Balaban J connectivity index is 2.17. The standard InChI is InChI=1S/C14H22N2OS/c1-4-11-10-6-8-18-12(10)5-7-16(11)13(17)9-14(2,3)15/h6,8,11H,4-5,7,9,15H2,1-3H3. The van der Waals surface area contributed by atoms with Crippen LogP contribution in [0, 0.1) is 0 Å². The molecule has 3 nitrogen and oxygen atoms in total. The molecule has 1 atom stereocenters. The molecule has 100 valence electrons. The van der Waals surface area contributed by atoms with Crippen molar-refractivity contribution in [2.45, 2.75) is 51.6 Å². The van der Waals surface area contributed by atoms with Crippen LogP contribution in [0.3, 0.4) is 0 Å². The first-order valence-electron chi connectivity index (χ1n) is 6.57. The second-order valence-electron chi connectivity index (χ2n) is 5.73. The monoisotopic (exact) mass is 266 g/mol. The van der Waals surface area contributed by atoms with Gasteiger partial charge in [-0.1, -0.05) is 6.92 Å². The van der Waals surface area contributed by atoms with Crippen molar-refractivity contribution in [1.82, 2.24) is 4.90 Å². The highest BCUT2D eigenvalue weighted by molar-refractivity contribution is 7.10. The number of thiophene rings is 1. The first-order valence-corrected chi connectivity index (χ1v) is 7.45. The summed E-state index contributed by atoms with van der Waals surface area (Å²) in [5.41, 5.74) is 6.88. The molecule has 1 aliphatic heterocycles. The van der Waals surface area contributed by atoms with Crippen molar-refractivity contribution >= 4 is 17.2 Å². The number of hydrogen-bond acceptors (Lipinski definition) is 3. The average Bonchev–Trinajstić information content (AvgIpc) is 2.72. The third-order valence-electron chi connectivity index (χ3n) is 3.41. The summed E-state index contributed by atoms with van der Waals surface area (Å²) < 4.78 is 0. The molecular weight excluding hydrogens is 244 g/mol. The topological polar surface area (TPSA) is 46.3 Å². The number of amides is 1. The molecule has 1 aromatic rings. The van der Waals surface area contributed by atoms with E-state index in [9.17, 15) is 4.79 Å². The van der Waals surface area contributed by atoms with Crippen molar-refractivity contribution < 1.29 is 4.79 Å². The minimum absolute atomic E-state index is 0.186. The van der Waals surface area contributed by atoms with Gasteiger partial charge in [0.15, 0.2) is 0 Å². The van der Waals surface area contributed by atoms with Crippen LogP contribution in [0.5, 0.6) is 0 Å². The second-order valence-corrected chi connectivity index (χ2v) is 6.73. The predicted molar refractivity (Wildman–Crippen MR) is 75.7 cm³/mol. The van der Waals surface area contributed by atoms with Crippen molar-refractivity contribution in [2.75, 3.05) is 6.54 Å². The van der Waals surface area contributed by atoms with E-state index < -0.39 is 5.54 Å². The Kier molecular flexibility index (Phi) is 3.78. The van der Waals surface area contributed by atoms with Crippen molar-refractivity contribution in [3.05, 3.63) is 21.9 Å². The van der Waals surface area contributed by atoms with E-state index in [0.29, 0.717) is 6.42 Å². The maximum absolute atomic E-state index is 12.4. The van der Waals surface area contributed by atoms with Gasteiger partial charge in [0.1, 0.15) is 0 Å². The normalized spacial score (nSPS) is 19.8. The zero-order chi connectivity index (χ0) is 13.3. The smallest absolute Gasteiger partial charge is 0.224 e.